The first kappa shape index (κ1) is 14.9. The number of nitrogens with zero attached hydrogens (tertiary/aromatic N) is 2. The van der Waals surface area contributed by atoms with Crippen LogP contribution in [0.25, 0.3) is 0 Å². The monoisotopic (exact) mass is 378 g/mol. The summed E-state index contributed by atoms with van der Waals surface area (Å²) in [7, 11) is 0. The molecule has 0 spiro atoms. The summed E-state index contributed by atoms with van der Waals surface area (Å²) < 4.78 is 19.7. The van der Waals surface area contributed by atoms with Crippen LogP contribution in [0.2, 0.25) is 5.02 Å². The molecule has 0 aliphatic carbocycles. The molecule has 0 unspecified atom stereocenters. The fourth-order valence-corrected chi connectivity index (χ4v) is 3.29. The Hall–Kier alpha value is -1.05. The molecule has 1 aromatic carbocycles. The summed E-state index contributed by atoms with van der Waals surface area (Å²) in [6, 6.07) is 1.36. The second-order valence-corrected chi connectivity index (χ2v) is 6.31. The van der Waals surface area contributed by atoms with E-state index in [2.05, 4.69) is 20.8 Å². The average Bonchev–Trinajstić information content (AvgIpc) is 2.63. The lowest BCUT2D eigenvalue weighted by Crippen LogP contribution is -2.55. The second-order valence-electron chi connectivity index (χ2n) is 5.14. The molecular weight excluding hydrogens is 367 g/mol. The quantitative estimate of drug-likeness (QED) is 0.704. The van der Waals surface area contributed by atoms with E-state index in [9.17, 15) is 9.18 Å². The zero-order chi connectivity index (χ0) is 15.1. The molecule has 8 heteroatoms. The molecule has 0 aromatic heterocycles. The lowest BCUT2D eigenvalue weighted by Gasteiger charge is -2.38. The molecule has 2 heterocycles. The first-order valence-corrected chi connectivity index (χ1v) is 7.65. The van der Waals surface area contributed by atoms with Crippen molar-refractivity contribution in [1.29, 1.82) is 0 Å². The minimum absolute atomic E-state index is 0.0554. The Balaban J connectivity index is 1.88. The maximum atomic E-state index is 13.8. The van der Waals surface area contributed by atoms with E-state index in [1.54, 1.807) is 0 Å². The number of fused-ring (bicyclic) bond motifs is 2. The van der Waals surface area contributed by atoms with Crippen LogP contribution in [0.4, 0.5) is 9.18 Å². The van der Waals surface area contributed by atoms with Crippen molar-refractivity contribution in [2.75, 3.05) is 26.2 Å². The van der Waals surface area contributed by atoms with E-state index in [1.807, 2.05) is 0 Å². The van der Waals surface area contributed by atoms with Crippen molar-refractivity contribution in [2.45, 2.75) is 12.6 Å². The Morgan fingerprint density at radius 2 is 2.29 bits per heavy atom. The molecule has 1 N–H and O–H groups in total. The molecule has 2 aliphatic rings. The smallest absolute Gasteiger partial charge is 0.407 e. The Bertz CT molecular complexity index is 601. The zero-order valence-corrected chi connectivity index (χ0v) is 13.3. The van der Waals surface area contributed by atoms with E-state index < -0.39 is 11.9 Å². The van der Waals surface area contributed by atoms with Gasteiger partial charge in [-0.1, -0.05) is 11.6 Å². The van der Waals surface area contributed by atoms with Crippen molar-refractivity contribution in [3.8, 4) is 5.75 Å². The Labute approximate surface area is 134 Å². The highest BCUT2D eigenvalue weighted by Crippen LogP contribution is 2.39. The second kappa shape index (κ2) is 5.62. The maximum absolute atomic E-state index is 13.8. The van der Waals surface area contributed by atoms with Crippen molar-refractivity contribution in [3.05, 3.63) is 26.9 Å². The third-order valence-electron chi connectivity index (χ3n) is 3.86. The van der Waals surface area contributed by atoms with Gasteiger partial charge in [0.25, 0.3) is 0 Å². The number of carbonyl (C=O) groups is 1. The van der Waals surface area contributed by atoms with E-state index in [1.165, 1.54) is 11.0 Å². The highest BCUT2D eigenvalue weighted by molar-refractivity contribution is 9.10. The molecule has 3 rings (SSSR count). The average molecular weight is 380 g/mol. The third-order valence-corrected chi connectivity index (χ3v) is 5.23. The summed E-state index contributed by atoms with van der Waals surface area (Å²) in [5, 5.41) is 9.30. The molecule has 1 amide bonds. The van der Waals surface area contributed by atoms with E-state index in [-0.39, 0.29) is 15.5 Å². The topological polar surface area (TPSA) is 53.0 Å². The fourth-order valence-electron chi connectivity index (χ4n) is 2.73. The first-order chi connectivity index (χ1) is 9.97. The standard InChI is InChI=1S/C13H13BrClFN2O3/c14-10-9(16)3-7-4-17-1-2-18(13(19)20)5-8(17)6-21-12(7)11(10)15/h3,8H,1-2,4-6H2,(H,19,20)/t8-/m1/s1. The highest BCUT2D eigenvalue weighted by Gasteiger charge is 2.33. The summed E-state index contributed by atoms with van der Waals surface area (Å²) in [5.74, 6) is 0.0474. The number of amides is 1. The van der Waals surface area contributed by atoms with Gasteiger partial charge in [0.15, 0.2) is 0 Å². The van der Waals surface area contributed by atoms with Crippen molar-refractivity contribution in [2.24, 2.45) is 0 Å². The Morgan fingerprint density at radius 3 is 3.00 bits per heavy atom. The molecule has 1 atom stereocenters. The first-order valence-electron chi connectivity index (χ1n) is 6.48. The number of piperazine rings is 1. The van der Waals surface area contributed by atoms with Crippen LogP contribution in [-0.4, -0.2) is 53.3 Å². The minimum atomic E-state index is -0.928. The lowest BCUT2D eigenvalue weighted by atomic mass is 10.1. The molecule has 2 aliphatic heterocycles. The minimum Gasteiger partial charge on any atom is -0.490 e. The normalized spacial score (nSPS) is 22.0. The van der Waals surface area contributed by atoms with Crippen molar-refractivity contribution in [3.63, 3.8) is 0 Å². The number of halogens is 3. The van der Waals surface area contributed by atoms with Crippen molar-refractivity contribution >= 4 is 33.6 Å². The molecule has 0 radical (unpaired) electrons. The molecule has 1 aromatic rings. The predicted octanol–water partition coefficient (Wildman–Crippen LogP) is 2.80. The van der Waals surface area contributed by atoms with Gasteiger partial charge in [0.05, 0.1) is 10.5 Å². The molecular formula is C13H13BrClFN2O3. The Kier molecular flexibility index (Phi) is 3.98. The van der Waals surface area contributed by atoms with Gasteiger partial charge in [-0.25, -0.2) is 9.18 Å². The van der Waals surface area contributed by atoms with Gasteiger partial charge >= 0.3 is 6.09 Å². The summed E-state index contributed by atoms with van der Waals surface area (Å²) in [6.07, 6.45) is -0.928. The van der Waals surface area contributed by atoms with Gasteiger partial charge in [0, 0.05) is 31.7 Å². The van der Waals surface area contributed by atoms with Gasteiger partial charge in [0.1, 0.15) is 23.2 Å². The number of benzene rings is 1. The van der Waals surface area contributed by atoms with Gasteiger partial charge in [0.2, 0.25) is 0 Å². The number of hydrogen-bond donors (Lipinski definition) is 1. The predicted molar refractivity (Wildman–Crippen MR) is 78.4 cm³/mol. The maximum Gasteiger partial charge on any atom is 0.407 e. The van der Waals surface area contributed by atoms with Gasteiger partial charge < -0.3 is 14.7 Å². The third kappa shape index (κ3) is 2.69. The number of carboxylic acid groups (broad SMARTS) is 1. The Morgan fingerprint density at radius 1 is 1.52 bits per heavy atom. The lowest BCUT2D eigenvalue weighted by molar-refractivity contribution is 0.0503. The van der Waals surface area contributed by atoms with Gasteiger partial charge in [-0.15, -0.1) is 0 Å². The van der Waals surface area contributed by atoms with Crippen LogP contribution >= 0.6 is 27.5 Å². The molecule has 0 saturated carbocycles. The van der Waals surface area contributed by atoms with Crippen LogP contribution in [-0.2, 0) is 6.54 Å². The van der Waals surface area contributed by atoms with Crippen molar-refractivity contribution < 1.29 is 19.0 Å². The fraction of sp³-hybridized carbons (Fsp3) is 0.462. The molecule has 114 valence electrons. The van der Waals surface area contributed by atoms with E-state index >= 15 is 0 Å². The van der Waals surface area contributed by atoms with Crippen LogP contribution in [0.1, 0.15) is 5.56 Å². The summed E-state index contributed by atoms with van der Waals surface area (Å²) >= 11 is 9.23. The highest BCUT2D eigenvalue weighted by atomic mass is 79.9. The summed E-state index contributed by atoms with van der Waals surface area (Å²) in [4.78, 5) is 14.5. The van der Waals surface area contributed by atoms with Crippen LogP contribution < -0.4 is 4.74 Å². The number of rotatable bonds is 0. The van der Waals surface area contributed by atoms with Crippen LogP contribution in [0, 0.1) is 5.82 Å². The van der Waals surface area contributed by atoms with Crippen LogP contribution in [0.15, 0.2) is 10.5 Å². The zero-order valence-electron chi connectivity index (χ0n) is 11.0. The summed E-state index contributed by atoms with van der Waals surface area (Å²) in [5.41, 5.74) is 0.687. The van der Waals surface area contributed by atoms with Gasteiger partial charge in [-0.3, -0.25) is 4.90 Å². The van der Waals surface area contributed by atoms with E-state index in [0.717, 1.165) is 0 Å². The largest absolute Gasteiger partial charge is 0.490 e. The number of hydrogen-bond acceptors (Lipinski definition) is 3. The molecule has 5 nitrogen and oxygen atoms in total. The molecule has 1 fully saturated rings. The molecule has 0 bridgehead atoms. The van der Waals surface area contributed by atoms with Gasteiger partial charge in [-0.05, 0) is 22.0 Å². The van der Waals surface area contributed by atoms with Gasteiger partial charge in [-0.2, -0.15) is 0 Å². The summed E-state index contributed by atoms with van der Waals surface area (Å²) in [6.45, 7) is 2.24. The number of ether oxygens (including phenoxy) is 1. The molecule has 1 saturated heterocycles. The van der Waals surface area contributed by atoms with Crippen LogP contribution in [0.5, 0.6) is 5.75 Å². The van der Waals surface area contributed by atoms with E-state index in [0.29, 0.717) is 44.1 Å². The van der Waals surface area contributed by atoms with Crippen molar-refractivity contribution in [1.82, 2.24) is 9.80 Å². The SMILES string of the molecule is O=C(O)N1CCN2Cc3cc(F)c(Br)c(Cl)c3OC[C@H]2C1. The van der Waals surface area contributed by atoms with E-state index in [4.69, 9.17) is 21.4 Å². The van der Waals surface area contributed by atoms with Crippen LogP contribution in [0.3, 0.4) is 0 Å². The molecule has 21 heavy (non-hydrogen) atoms.